The molecule has 3 heterocycles. The molecule has 0 unspecified atom stereocenters. The summed E-state index contributed by atoms with van der Waals surface area (Å²) < 4.78 is 0. The van der Waals surface area contributed by atoms with Gasteiger partial charge in [-0.15, -0.1) is 0 Å². The summed E-state index contributed by atoms with van der Waals surface area (Å²) in [5.74, 6) is 0.363. The van der Waals surface area contributed by atoms with Crippen molar-refractivity contribution in [2.75, 3.05) is 44.2 Å². The third-order valence-electron chi connectivity index (χ3n) is 6.24. The van der Waals surface area contributed by atoms with E-state index in [1.54, 1.807) is 11.1 Å². The van der Waals surface area contributed by atoms with Gasteiger partial charge in [-0.25, -0.2) is 0 Å². The molecule has 2 aromatic heterocycles. The number of carbonyl (C=O) groups excluding carboxylic acids is 2. The number of aromatic amines is 1. The van der Waals surface area contributed by atoms with Crippen LogP contribution < -0.4 is 16.0 Å². The lowest BCUT2D eigenvalue weighted by Crippen LogP contribution is -2.44. The largest absolute Gasteiger partial charge is 0.365 e. The van der Waals surface area contributed by atoms with Crippen LogP contribution in [0.2, 0.25) is 0 Å². The Balaban J connectivity index is 1.53. The molecule has 0 spiro atoms. The normalized spacial score (nSPS) is 13.8. The molecule has 2 amide bonds. The first-order chi connectivity index (χ1) is 17.0. The molecule has 1 aliphatic heterocycles. The molecule has 1 saturated heterocycles. The standard InChI is InChI=1S/C27H32N6O2/c1-3-32(4-2)27(35)20-8-5-19(6-9-20)7-10-22-17-21(11-12-30-22)24-18-23(25(28)34)26(31-24)33-15-13-29-14-16-33/h5-12,17-18,29,31H,3-4,13-16H2,1-2H3,(H2,28,34)/b10-7+. The molecule has 1 aromatic carbocycles. The average molecular weight is 473 g/mol. The highest BCUT2D eigenvalue weighted by Gasteiger charge is 2.21. The number of amides is 2. The van der Waals surface area contributed by atoms with Crippen molar-refractivity contribution in [3.05, 3.63) is 71.0 Å². The molecule has 1 aliphatic rings. The fourth-order valence-corrected chi connectivity index (χ4v) is 4.24. The number of aromatic nitrogens is 2. The molecule has 35 heavy (non-hydrogen) atoms. The van der Waals surface area contributed by atoms with Crippen molar-refractivity contribution in [3.8, 4) is 11.3 Å². The van der Waals surface area contributed by atoms with E-state index in [-0.39, 0.29) is 5.91 Å². The number of anilines is 1. The number of benzene rings is 1. The van der Waals surface area contributed by atoms with Crippen molar-refractivity contribution in [1.29, 1.82) is 0 Å². The predicted octanol–water partition coefficient (Wildman–Crippen LogP) is 3.24. The van der Waals surface area contributed by atoms with E-state index in [0.29, 0.717) is 24.2 Å². The maximum Gasteiger partial charge on any atom is 0.253 e. The van der Waals surface area contributed by atoms with Crippen molar-refractivity contribution >= 4 is 29.8 Å². The van der Waals surface area contributed by atoms with Crippen LogP contribution in [0.3, 0.4) is 0 Å². The average Bonchev–Trinajstić information content (AvgIpc) is 3.35. The zero-order valence-corrected chi connectivity index (χ0v) is 20.3. The second-order valence-corrected chi connectivity index (χ2v) is 8.45. The highest BCUT2D eigenvalue weighted by atomic mass is 16.2. The van der Waals surface area contributed by atoms with Gasteiger partial charge in [-0.05, 0) is 55.8 Å². The summed E-state index contributed by atoms with van der Waals surface area (Å²) in [4.78, 5) is 36.4. The van der Waals surface area contributed by atoms with Crippen LogP contribution in [0.1, 0.15) is 45.8 Å². The lowest BCUT2D eigenvalue weighted by atomic mass is 10.1. The number of piperazine rings is 1. The van der Waals surface area contributed by atoms with Gasteiger partial charge in [0.15, 0.2) is 0 Å². The molecule has 0 atom stereocenters. The quantitative estimate of drug-likeness (QED) is 0.467. The van der Waals surface area contributed by atoms with Crippen LogP contribution in [-0.4, -0.2) is 66.0 Å². The molecule has 0 radical (unpaired) electrons. The van der Waals surface area contributed by atoms with Gasteiger partial charge in [0.05, 0.1) is 11.3 Å². The maximum atomic E-state index is 12.5. The summed E-state index contributed by atoms with van der Waals surface area (Å²) in [7, 11) is 0. The minimum atomic E-state index is -0.446. The Kier molecular flexibility index (Phi) is 7.62. The summed E-state index contributed by atoms with van der Waals surface area (Å²) in [5.41, 5.74) is 10.3. The van der Waals surface area contributed by atoms with E-state index in [1.165, 1.54) is 0 Å². The van der Waals surface area contributed by atoms with E-state index in [4.69, 9.17) is 5.73 Å². The van der Waals surface area contributed by atoms with Gasteiger partial charge in [-0.1, -0.05) is 18.2 Å². The Morgan fingerprint density at radius 2 is 1.77 bits per heavy atom. The number of hydrogen-bond acceptors (Lipinski definition) is 5. The van der Waals surface area contributed by atoms with Crippen LogP contribution >= 0.6 is 0 Å². The minimum absolute atomic E-state index is 0.0429. The van der Waals surface area contributed by atoms with Crippen molar-refractivity contribution in [1.82, 2.24) is 20.2 Å². The molecule has 8 heteroatoms. The van der Waals surface area contributed by atoms with E-state index in [0.717, 1.165) is 54.5 Å². The monoisotopic (exact) mass is 472 g/mol. The predicted molar refractivity (Wildman–Crippen MR) is 140 cm³/mol. The Labute approximate surface area is 205 Å². The van der Waals surface area contributed by atoms with Crippen LogP contribution in [0.4, 0.5) is 5.82 Å². The van der Waals surface area contributed by atoms with E-state index in [1.807, 2.05) is 68.5 Å². The van der Waals surface area contributed by atoms with Gasteiger partial charge in [0.25, 0.3) is 11.8 Å². The summed E-state index contributed by atoms with van der Waals surface area (Å²) >= 11 is 0. The number of nitrogens with one attached hydrogen (secondary N) is 2. The zero-order chi connectivity index (χ0) is 24.8. The summed E-state index contributed by atoms with van der Waals surface area (Å²) in [6.07, 6.45) is 5.64. The highest BCUT2D eigenvalue weighted by molar-refractivity contribution is 5.99. The molecule has 3 aromatic rings. The number of hydrogen-bond donors (Lipinski definition) is 3. The molecule has 8 nitrogen and oxygen atoms in total. The fourth-order valence-electron chi connectivity index (χ4n) is 4.24. The Morgan fingerprint density at radius 3 is 2.43 bits per heavy atom. The molecule has 4 N–H and O–H groups in total. The fraction of sp³-hybridized carbons (Fsp3) is 0.296. The van der Waals surface area contributed by atoms with Crippen LogP contribution in [0, 0.1) is 0 Å². The summed E-state index contributed by atoms with van der Waals surface area (Å²) in [5, 5.41) is 3.32. The van der Waals surface area contributed by atoms with Gasteiger partial charge in [0.1, 0.15) is 5.82 Å². The van der Waals surface area contributed by atoms with Gasteiger partial charge >= 0.3 is 0 Å². The second-order valence-electron chi connectivity index (χ2n) is 8.45. The molecule has 0 aliphatic carbocycles. The summed E-state index contributed by atoms with van der Waals surface area (Å²) in [6.45, 7) is 8.69. The number of carbonyl (C=O) groups is 2. The molecule has 0 bridgehead atoms. The van der Waals surface area contributed by atoms with Gasteiger partial charge in [0, 0.05) is 62.3 Å². The second kappa shape index (κ2) is 11.0. The SMILES string of the molecule is CCN(CC)C(=O)c1ccc(/C=C/c2cc(-c3cc(C(N)=O)c(N4CCNCC4)[nH]3)ccn2)cc1. The van der Waals surface area contributed by atoms with E-state index >= 15 is 0 Å². The van der Waals surface area contributed by atoms with Gasteiger partial charge in [0.2, 0.25) is 0 Å². The third-order valence-corrected chi connectivity index (χ3v) is 6.24. The topological polar surface area (TPSA) is 107 Å². The lowest BCUT2D eigenvalue weighted by Gasteiger charge is -2.28. The van der Waals surface area contributed by atoms with Crippen LogP contribution in [-0.2, 0) is 0 Å². The number of H-pyrrole nitrogens is 1. The van der Waals surface area contributed by atoms with Crippen LogP contribution in [0.5, 0.6) is 0 Å². The first kappa shape index (κ1) is 24.2. The Bertz CT molecular complexity index is 1200. The van der Waals surface area contributed by atoms with E-state index < -0.39 is 5.91 Å². The van der Waals surface area contributed by atoms with E-state index in [9.17, 15) is 9.59 Å². The number of nitrogens with zero attached hydrogens (tertiary/aromatic N) is 3. The van der Waals surface area contributed by atoms with E-state index in [2.05, 4.69) is 20.2 Å². The molecular weight excluding hydrogens is 440 g/mol. The van der Waals surface area contributed by atoms with Crippen molar-refractivity contribution in [3.63, 3.8) is 0 Å². The molecule has 182 valence electrons. The minimum Gasteiger partial charge on any atom is -0.365 e. The first-order valence-corrected chi connectivity index (χ1v) is 12.0. The van der Waals surface area contributed by atoms with Crippen molar-refractivity contribution in [2.24, 2.45) is 5.73 Å². The third kappa shape index (κ3) is 5.60. The number of nitrogens with two attached hydrogens (primary N) is 1. The van der Waals surface area contributed by atoms with Crippen molar-refractivity contribution < 1.29 is 9.59 Å². The van der Waals surface area contributed by atoms with Crippen molar-refractivity contribution in [2.45, 2.75) is 13.8 Å². The molecule has 4 rings (SSSR count). The van der Waals surface area contributed by atoms with Gasteiger partial charge in [-0.2, -0.15) is 0 Å². The number of primary amides is 1. The molecule has 0 saturated carbocycles. The Hall–Kier alpha value is -3.91. The van der Waals surface area contributed by atoms with Gasteiger partial charge < -0.3 is 25.8 Å². The van der Waals surface area contributed by atoms with Gasteiger partial charge in [-0.3, -0.25) is 14.6 Å². The zero-order valence-electron chi connectivity index (χ0n) is 20.3. The smallest absolute Gasteiger partial charge is 0.253 e. The number of pyridine rings is 1. The summed E-state index contributed by atoms with van der Waals surface area (Å²) in [6, 6.07) is 13.3. The molecule has 1 fully saturated rings. The Morgan fingerprint density at radius 1 is 1.06 bits per heavy atom. The maximum absolute atomic E-state index is 12.5. The van der Waals surface area contributed by atoms with Crippen LogP contribution in [0.15, 0.2) is 48.7 Å². The highest BCUT2D eigenvalue weighted by Crippen LogP contribution is 2.28. The lowest BCUT2D eigenvalue weighted by molar-refractivity contribution is 0.0772. The number of rotatable bonds is 8. The molecular formula is C27H32N6O2. The van der Waals surface area contributed by atoms with Crippen LogP contribution in [0.25, 0.3) is 23.4 Å². The first-order valence-electron chi connectivity index (χ1n) is 12.0.